The molecule has 2 rings (SSSR count). The molecule has 1 aromatic carbocycles. The van der Waals surface area contributed by atoms with E-state index >= 15 is 0 Å². The molecule has 0 amide bonds. The molecular formula is C18H20ClF3O4S. The highest BCUT2D eigenvalue weighted by molar-refractivity contribution is 8.04. The number of ether oxygens (including phenoxy) is 3. The van der Waals surface area contributed by atoms with Gasteiger partial charge in [-0.25, -0.2) is 4.79 Å². The number of esters is 1. The normalized spacial score (nSPS) is 20.9. The lowest BCUT2D eigenvalue weighted by molar-refractivity contribution is -0.160. The van der Waals surface area contributed by atoms with Crippen LogP contribution < -0.4 is 4.74 Å². The van der Waals surface area contributed by atoms with Crippen LogP contribution in [0.4, 0.5) is 13.2 Å². The highest BCUT2D eigenvalue weighted by atomic mass is 35.5. The van der Waals surface area contributed by atoms with E-state index in [2.05, 4.69) is 0 Å². The van der Waals surface area contributed by atoms with Gasteiger partial charge in [0, 0.05) is 6.42 Å². The van der Waals surface area contributed by atoms with Crippen molar-refractivity contribution in [1.82, 2.24) is 0 Å². The van der Waals surface area contributed by atoms with Gasteiger partial charge in [-0.3, -0.25) is 0 Å². The Balaban J connectivity index is 1.96. The fourth-order valence-electron chi connectivity index (χ4n) is 2.31. The minimum absolute atomic E-state index is 0.114. The minimum atomic E-state index is -4.47. The number of carbonyl (C=O) groups is 1. The summed E-state index contributed by atoms with van der Waals surface area (Å²) in [5.74, 6) is -0.332. The van der Waals surface area contributed by atoms with Crippen LogP contribution in [-0.2, 0) is 20.4 Å². The Labute approximate surface area is 165 Å². The highest BCUT2D eigenvalue weighted by Gasteiger charge is 2.37. The predicted molar refractivity (Wildman–Crippen MR) is 97.6 cm³/mol. The van der Waals surface area contributed by atoms with E-state index < -0.39 is 28.7 Å². The molecule has 9 heteroatoms. The zero-order valence-corrected chi connectivity index (χ0v) is 16.6. The molecule has 1 aromatic rings. The number of alkyl halides is 3. The molecule has 0 saturated carbocycles. The molecule has 0 fully saturated rings. The number of rotatable bonds is 7. The third-order valence-corrected chi connectivity index (χ3v) is 5.07. The lowest BCUT2D eigenvalue weighted by Crippen LogP contribution is -2.33. The molecule has 2 atom stereocenters. The Morgan fingerprint density at radius 1 is 1.41 bits per heavy atom. The summed E-state index contributed by atoms with van der Waals surface area (Å²) < 4.78 is 54.6. The minimum Gasteiger partial charge on any atom is -0.464 e. The summed E-state index contributed by atoms with van der Waals surface area (Å²) in [6.07, 6.45) is -2.31. The van der Waals surface area contributed by atoms with Gasteiger partial charge in [0.1, 0.15) is 10.7 Å². The van der Waals surface area contributed by atoms with Gasteiger partial charge in [0.2, 0.25) is 0 Å². The number of benzene rings is 1. The zero-order valence-electron chi connectivity index (χ0n) is 15.1. The molecule has 1 aliphatic heterocycles. The summed E-state index contributed by atoms with van der Waals surface area (Å²) in [5.41, 5.74) is -0.847. The molecule has 0 spiro atoms. The average molecular weight is 425 g/mol. The summed E-state index contributed by atoms with van der Waals surface area (Å²) in [6.45, 7) is 5.63. The van der Waals surface area contributed by atoms with Crippen molar-refractivity contribution in [2.24, 2.45) is 0 Å². The first-order chi connectivity index (χ1) is 12.5. The van der Waals surface area contributed by atoms with Gasteiger partial charge in [0.05, 0.1) is 17.2 Å². The number of halogens is 4. The van der Waals surface area contributed by atoms with Gasteiger partial charge >= 0.3 is 12.1 Å². The fraction of sp³-hybridized carbons (Fsp3) is 0.500. The smallest absolute Gasteiger partial charge is 0.416 e. The number of hydrogen-bond acceptors (Lipinski definition) is 5. The Hall–Kier alpha value is -1.38. The molecule has 27 heavy (non-hydrogen) atoms. The summed E-state index contributed by atoms with van der Waals surface area (Å²) in [7, 11) is 0. The van der Waals surface area contributed by atoms with E-state index in [1.165, 1.54) is 17.8 Å². The van der Waals surface area contributed by atoms with Crippen LogP contribution in [0.5, 0.6) is 5.75 Å². The van der Waals surface area contributed by atoms with Crippen molar-refractivity contribution in [1.29, 1.82) is 0 Å². The van der Waals surface area contributed by atoms with Crippen LogP contribution in [0.15, 0.2) is 29.4 Å². The maximum Gasteiger partial charge on any atom is 0.416 e. The van der Waals surface area contributed by atoms with E-state index in [9.17, 15) is 18.0 Å². The molecule has 0 aromatic heterocycles. The monoisotopic (exact) mass is 424 g/mol. The third-order valence-electron chi connectivity index (χ3n) is 3.63. The van der Waals surface area contributed by atoms with E-state index in [4.69, 9.17) is 25.8 Å². The largest absolute Gasteiger partial charge is 0.464 e. The second kappa shape index (κ2) is 8.75. The van der Waals surface area contributed by atoms with Gasteiger partial charge < -0.3 is 14.2 Å². The van der Waals surface area contributed by atoms with Crippen LogP contribution in [0, 0.1) is 0 Å². The zero-order chi connectivity index (χ0) is 20.2. The van der Waals surface area contributed by atoms with E-state index in [-0.39, 0.29) is 10.8 Å². The summed E-state index contributed by atoms with van der Waals surface area (Å²) in [6, 6.07) is 2.90. The Morgan fingerprint density at radius 2 is 2.11 bits per heavy atom. The molecular weight excluding hydrogens is 405 g/mol. The van der Waals surface area contributed by atoms with Gasteiger partial charge in [0.15, 0.2) is 11.2 Å². The van der Waals surface area contributed by atoms with Crippen LogP contribution in [0.2, 0.25) is 5.02 Å². The van der Waals surface area contributed by atoms with E-state index in [1.807, 2.05) is 6.92 Å². The molecule has 4 nitrogen and oxygen atoms in total. The topological polar surface area (TPSA) is 44.8 Å². The van der Waals surface area contributed by atoms with Crippen molar-refractivity contribution in [3.8, 4) is 5.75 Å². The molecule has 1 heterocycles. The van der Waals surface area contributed by atoms with Crippen molar-refractivity contribution in [2.75, 3.05) is 6.61 Å². The SMILES string of the molecule is CCCOC(=O)C(C)OC1(C)CC=C(Oc2ccc(C(F)(F)F)cc2Cl)S1. The fourth-order valence-corrected chi connectivity index (χ4v) is 3.61. The average Bonchev–Trinajstić information content (AvgIpc) is 2.94. The molecule has 0 aliphatic carbocycles. The quantitative estimate of drug-likeness (QED) is 0.518. The van der Waals surface area contributed by atoms with Gasteiger partial charge in [-0.05, 0) is 44.5 Å². The first-order valence-electron chi connectivity index (χ1n) is 8.32. The van der Waals surface area contributed by atoms with Gasteiger partial charge in [-0.1, -0.05) is 30.3 Å². The second-order valence-corrected chi connectivity index (χ2v) is 8.01. The highest BCUT2D eigenvalue weighted by Crippen LogP contribution is 2.45. The number of hydrogen-bond donors (Lipinski definition) is 0. The molecule has 0 bridgehead atoms. The third kappa shape index (κ3) is 6.05. The molecule has 0 saturated heterocycles. The van der Waals surface area contributed by atoms with Crippen LogP contribution >= 0.6 is 23.4 Å². The van der Waals surface area contributed by atoms with Gasteiger partial charge in [-0.15, -0.1) is 0 Å². The van der Waals surface area contributed by atoms with Crippen molar-refractivity contribution in [2.45, 2.75) is 50.8 Å². The maximum atomic E-state index is 12.7. The van der Waals surface area contributed by atoms with Gasteiger partial charge in [-0.2, -0.15) is 13.2 Å². The van der Waals surface area contributed by atoms with E-state index in [1.54, 1.807) is 19.9 Å². The van der Waals surface area contributed by atoms with Crippen molar-refractivity contribution >= 4 is 29.3 Å². The summed E-state index contributed by atoms with van der Waals surface area (Å²) in [4.78, 5) is 11.1. The Morgan fingerprint density at radius 3 is 2.70 bits per heavy atom. The van der Waals surface area contributed by atoms with Crippen molar-refractivity contribution in [3.05, 3.63) is 40.0 Å². The first-order valence-corrected chi connectivity index (χ1v) is 9.52. The molecule has 150 valence electrons. The molecule has 2 unspecified atom stereocenters. The van der Waals surface area contributed by atoms with Crippen LogP contribution in [0.3, 0.4) is 0 Å². The van der Waals surface area contributed by atoms with Crippen LogP contribution in [0.1, 0.15) is 39.2 Å². The van der Waals surface area contributed by atoms with Gasteiger partial charge in [0.25, 0.3) is 0 Å². The molecule has 0 radical (unpaired) electrons. The standard InChI is InChI=1S/C18H20ClF3O4S/c1-4-9-24-16(23)11(2)26-17(3)8-7-15(27-17)25-14-6-5-12(10-13(14)19)18(20,21)22/h5-7,10-11H,4,8-9H2,1-3H3. The second-order valence-electron chi connectivity index (χ2n) is 6.14. The molecule has 0 N–H and O–H groups in total. The summed E-state index contributed by atoms with van der Waals surface area (Å²) >= 11 is 7.13. The summed E-state index contributed by atoms with van der Waals surface area (Å²) in [5, 5.41) is 0.297. The molecule has 1 aliphatic rings. The first kappa shape index (κ1) is 21.9. The maximum absolute atomic E-state index is 12.7. The van der Waals surface area contributed by atoms with Crippen molar-refractivity contribution < 1.29 is 32.2 Å². The van der Waals surface area contributed by atoms with Crippen LogP contribution in [-0.4, -0.2) is 23.6 Å². The lowest BCUT2D eigenvalue weighted by Gasteiger charge is -2.27. The Bertz CT molecular complexity index is 723. The van der Waals surface area contributed by atoms with E-state index in [0.717, 1.165) is 18.6 Å². The predicted octanol–water partition coefficient (Wildman–Crippen LogP) is 5.79. The lowest BCUT2D eigenvalue weighted by atomic mass is 10.2. The number of carbonyl (C=O) groups excluding carboxylic acids is 1. The number of thioether (sulfide) groups is 1. The van der Waals surface area contributed by atoms with Crippen molar-refractivity contribution in [3.63, 3.8) is 0 Å². The Kier molecular flexibility index (Phi) is 7.10. The van der Waals surface area contributed by atoms with E-state index in [0.29, 0.717) is 18.1 Å². The van der Waals surface area contributed by atoms with Crippen LogP contribution in [0.25, 0.3) is 0 Å².